The van der Waals surface area contributed by atoms with Crippen LogP contribution in [0.3, 0.4) is 0 Å². The molecule has 2 N–H and O–H groups in total. The normalized spacial score (nSPS) is 18.7. The van der Waals surface area contributed by atoms with Crippen molar-refractivity contribution in [1.29, 1.82) is 0 Å². The average Bonchev–Trinajstić information content (AvgIpc) is 2.91. The molecule has 0 amide bonds. The molecule has 0 spiro atoms. The van der Waals surface area contributed by atoms with Gasteiger partial charge in [0, 0.05) is 11.6 Å². The minimum atomic E-state index is -0.811. The lowest BCUT2D eigenvalue weighted by molar-refractivity contribution is 0.480. The Labute approximate surface area is 75.6 Å². The van der Waals surface area contributed by atoms with E-state index in [0.717, 1.165) is 18.9 Å². The molecule has 70 valence electrons. The van der Waals surface area contributed by atoms with E-state index in [0.29, 0.717) is 11.5 Å². The Morgan fingerprint density at radius 1 is 1.31 bits per heavy atom. The molecule has 0 aliphatic heterocycles. The molecule has 3 heteroatoms. The smallest absolute Gasteiger partial charge is 0.163 e. The summed E-state index contributed by atoms with van der Waals surface area (Å²) in [7, 11) is 0. The number of halogens is 2. The predicted molar refractivity (Wildman–Crippen MR) is 46.0 cm³/mol. The largest absolute Gasteiger partial charge is 0.324 e. The van der Waals surface area contributed by atoms with Crippen molar-refractivity contribution in [2.24, 2.45) is 11.7 Å². The Balaban J connectivity index is 2.32. The number of nitrogens with two attached hydrogens (primary N) is 1. The molecule has 13 heavy (non-hydrogen) atoms. The van der Waals surface area contributed by atoms with Crippen LogP contribution in [0.2, 0.25) is 0 Å². The van der Waals surface area contributed by atoms with E-state index in [2.05, 4.69) is 0 Å². The second-order valence-corrected chi connectivity index (χ2v) is 3.51. The van der Waals surface area contributed by atoms with Crippen LogP contribution in [0.1, 0.15) is 24.4 Å². The molecular weight excluding hydrogens is 172 g/mol. The lowest BCUT2D eigenvalue weighted by Gasteiger charge is -2.11. The van der Waals surface area contributed by atoms with Crippen LogP contribution in [0.4, 0.5) is 8.78 Å². The van der Waals surface area contributed by atoms with Crippen LogP contribution in [-0.2, 0) is 0 Å². The minimum absolute atomic E-state index is 0.308. The maximum absolute atomic E-state index is 13.2. The van der Waals surface area contributed by atoms with Crippen molar-refractivity contribution in [3.63, 3.8) is 0 Å². The van der Waals surface area contributed by atoms with Crippen molar-refractivity contribution >= 4 is 0 Å². The molecule has 2 rings (SSSR count). The average molecular weight is 183 g/mol. The van der Waals surface area contributed by atoms with Crippen molar-refractivity contribution in [1.82, 2.24) is 0 Å². The minimum Gasteiger partial charge on any atom is -0.324 e. The van der Waals surface area contributed by atoms with Gasteiger partial charge in [0.15, 0.2) is 11.6 Å². The zero-order valence-corrected chi connectivity index (χ0v) is 7.13. The van der Waals surface area contributed by atoms with Gasteiger partial charge in [-0.05, 0) is 24.8 Å². The summed E-state index contributed by atoms with van der Waals surface area (Å²) in [6.45, 7) is 0. The highest BCUT2D eigenvalue weighted by atomic mass is 19.2. The molecule has 1 aromatic rings. The zero-order chi connectivity index (χ0) is 9.42. The summed E-state index contributed by atoms with van der Waals surface area (Å²) in [4.78, 5) is 0. The van der Waals surface area contributed by atoms with Gasteiger partial charge in [-0.25, -0.2) is 8.78 Å². The Bertz CT molecular complexity index is 321. The van der Waals surface area contributed by atoms with Crippen LogP contribution >= 0.6 is 0 Å². The van der Waals surface area contributed by atoms with Crippen LogP contribution in [0, 0.1) is 17.6 Å². The highest BCUT2D eigenvalue weighted by Crippen LogP contribution is 2.40. The Hall–Kier alpha value is -0.960. The predicted octanol–water partition coefficient (Wildman–Crippen LogP) is 2.37. The van der Waals surface area contributed by atoms with Crippen LogP contribution < -0.4 is 5.73 Å². The molecule has 1 saturated carbocycles. The van der Waals surface area contributed by atoms with Crippen molar-refractivity contribution in [2.75, 3.05) is 0 Å². The van der Waals surface area contributed by atoms with Crippen molar-refractivity contribution in [2.45, 2.75) is 18.9 Å². The van der Waals surface area contributed by atoms with E-state index >= 15 is 0 Å². The van der Waals surface area contributed by atoms with E-state index in [1.54, 1.807) is 6.07 Å². The number of hydrogen-bond acceptors (Lipinski definition) is 1. The first-order chi connectivity index (χ1) is 6.20. The van der Waals surface area contributed by atoms with Gasteiger partial charge in [-0.3, -0.25) is 0 Å². The summed E-state index contributed by atoms with van der Waals surface area (Å²) >= 11 is 0. The van der Waals surface area contributed by atoms with Crippen LogP contribution in [0.25, 0.3) is 0 Å². The maximum atomic E-state index is 13.2. The third kappa shape index (κ3) is 1.56. The molecule has 1 aromatic carbocycles. The summed E-state index contributed by atoms with van der Waals surface area (Å²) in [5.74, 6) is -1.26. The molecule has 1 atom stereocenters. The topological polar surface area (TPSA) is 26.0 Å². The molecule has 0 bridgehead atoms. The highest BCUT2D eigenvalue weighted by Gasteiger charge is 2.31. The van der Waals surface area contributed by atoms with E-state index in [1.165, 1.54) is 6.07 Å². The molecule has 1 unspecified atom stereocenters. The van der Waals surface area contributed by atoms with Gasteiger partial charge >= 0.3 is 0 Å². The van der Waals surface area contributed by atoms with E-state index in [9.17, 15) is 8.78 Å². The fraction of sp³-hybridized carbons (Fsp3) is 0.400. The summed E-state index contributed by atoms with van der Waals surface area (Å²) in [6, 6.07) is 3.83. The molecular formula is C10H11F2N. The first-order valence-electron chi connectivity index (χ1n) is 4.39. The van der Waals surface area contributed by atoms with Crippen molar-refractivity contribution < 1.29 is 8.78 Å². The van der Waals surface area contributed by atoms with Gasteiger partial charge in [0.05, 0.1) is 0 Å². The molecule has 1 aliphatic carbocycles. The third-order valence-electron chi connectivity index (χ3n) is 2.47. The molecule has 0 radical (unpaired) electrons. The van der Waals surface area contributed by atoms with E-state index < -0.39 is 11.6 Å². The summed E-state index contributed by atoms with van der Waals surface area (Å²) in [5, 5.41) is 0. The second-order valence-electron chi connectivity index (χ2n) is 3.51. The first-order valence-corrected chi connectivity index (χ1v) is 4.39. The lowest BCUT2D eigenvalue weighted by atomic mass is 10.0. The van der Waals surface area contributed by atoms with Crippen LogP contribution in [-0.4, -0.2) is 0 Å². The van der Waals surface area contributed by atoms with Crippen LogP contribution in [0.5, 0.6) is 0 Å². The van der Waals surface area contributed by atoms with Gasteiger partial charge in [-0.2, -0.15) is 0 Å². The van der Waals surface area contributed by atoms with Crippen LogP contribution in [0.15, 0.2) is 18.2 Å². The molecule has 0 saturated heterocycles. The van der Waals surface area contributed by atoms with Crippen molar-refractivity contribution in [3.05, 3.63) is 35.4 Å². The lowest BCUT2D eigenvalue weighted by Crippen LogP contribution is -2.14. The second kappa shape index (κ2) is 3.07. The van der Waals surface area contributed by atoms with E-state index in [-0.39, 0.29) is 6.04 Å². The number of rotatable bonds is 2. The number of hydrogen-bond donors (Lipinski definition) is 1. The van der Waals surface area contributed by atoms with Gasteiger partial charge in [-0.1, -0.05) is 12.1 Å². The van der Waals surface area contributed by atoms with E-state index in [4.69, 9.17) is 5.73 Å². The molecule has 0 heterocycles. The summed E-state index contributed by atoms with van der Waals surface area (Å²) in [6.07, 6.45) is 2.05. The van der Waals surface area contributed by atoms with Gasteiger partial charge in [0.25, 0.3) is 0 Å². The summed E-state index contributed by atoms with van der Waals surface area (Å²) in [5.41, 5.74) is 6.07. The zero-order valence-electron chi connectivity index (χ0n) is 7.13. The van der Waals surface area contributed by atoms with Gasteiger partial charge in [0.2, 0.25) is 0 Å². The van der Waals surface area contributed by atoms with Gasteiger partial charge < -0.3 is 5.73 Å². The first kappa shape index (κ1) is 8.63. The Kier molecular flexibility index (Phi) is 2.04. The molecule has 1 fully saturated rings. The van der Waals surface area contributed by atoms with Gasteiger partial charge in [0.1, 0.15) is 0 Å². The summed E-state index contributed by atoms with van der Waals surface area (Å²) < 4.78 is 26.0. The van der Waals surface area contributed by atoms with E-state index in [1.807, 2.05) is 0 Å². The maximum Gasteiger partial charge on any atom is 0.163 e. The quantitative estimate of drug-likeness (QED) is 0.748. The standard InChI is InChI=1S/C10H11F2N/c11-8-3-1-2-7(9(8)12)10(13)6-4-5-6/h1-3,6,10H,4-5,13H2. The SMILES string of the molecule is NC(c1cccc(F)c1F)C1CC1. The number of benzene rings is 1. The molecule has 1 nitrogen and oxygen atoms in total. The van der Waals surface area contributed by atoms with Gasteiger partial charge in [-0.15, -0.1) is 0 Å². The molecule has 0 aromatic heterocycles. The fourth-order valence-corrected chi connectivity index (χ4v) is 1.49. The third-order valence-corrected chi connectivity index (χ3v) is 2.47. The monoisotopic (exact) mass is 183 g/mol. The Morgan fingerprint density at radius 2 is 2.00 bits per heavy atom. The Morgan fingerprint density at radius 3 is 2.62 bits per heavy atom. The fourth-order valence-electron chi connectivity index (χ4n) is 1.49. The molecule has 1 aliphatic rings. The highest BCUT2D eigenvalue weighted by molar-refractivity contribution is 5.23. The van der Waals surface area contributed by atoms with Crippen molar-refractivity contribution in [3.8, 4) is 0 Å².